The molecular weight excluding hydrogens is 295 g/mol. The molecule has 23 heavy (non-hydrogen) atoms. The van der Waals surface area contributed by atoms with Gasteiger partial charge in [-0.05, 0) is 57.2 Å². The average molecular weight is 314 g/mol. The number of hydrogen-bond acceptors (Lipinski definition) is 2. The van der Waals surface area contributed by atoms with Crippen molar-refractivity contribution in [2.75, 3.05) is 5.32 Å². The first-order valence-corrected chi connectivity index (χ1v) is 7.24. The molecule has 0 radical (unpaired) electrons. The average Bonchev–Trinajstić information content (AvgIpc) is 2.45. The van der Waals surface area contributed by atoms with Crippen LogP contribution < -0.4 is 10.6 Å². The van der Waals surface area contributed by atoms with Crippen LogP contribution in [0.1, 0.15) is 41.5 Å². The van der Waals surface area contributed by atoms with Crippen molar-refractivity contribution in [2.24, 2.45) is 0 Å². The van der Waals surface area contributed by atoms with Crippen LogP contribution in [0.2, 0.25) is 0 Å². The Morgan fingerprint density at radius 1 is 0.913 bits per heavy atom. The number of carbonyl (C=O) groups is 2. The zero-order valence-corrected chi connectivity index (χ0v) is 13.3. The van der Waals surface area contributed by atoms with Crippen LogP contribution in [0, 0.1) is 5.82 Å². The number of halogens is 1. The van der Waals surface area contributed by atoms with Crippen LogP contribution in [0.5, 0.6) is 0 Å². The first kappa shape index (κ1) is 16.7. The van der Waals surface area contributed by atoms with Crippen LogP contribution in [0.15, 0.2) is 48.5 Å². The second-order valence-electron chi connectivity index (χ2n) is 6.25. The predicted molar refractivity (Wildman–Crippen MR) is 88.0 cm³/mol. The predicted octanol–water partition coefficient (Wildman–Crippen LogP) is 3.61. The summed E-state index contributed by atoms with van der Waals surface area (Å²) in [7, 11) is 0. The van der Waals surface area contributed by atoms with Gasteiger partial charge in [0.05, 0.1) is 0 Å². The molecule has 2 amide bonds. The molecule has 0 saturated carbocycles. The van der Waals surface area contributed by atoms with Gasteiger partial charge in [-0.3, -0.25) is 9.59 Å². The molecule has 2 aromatic rings. The summed E-state index contributed by atoms with van der Waals surface area (Å²) in [5.41, 5.74) is 0.721. The Kier molecular flexibility index (Phi) is 4.79. The van der Waals surface area contributed by atoms with Crippen LogP contribution >= 0.6 is 0 Å². The van der Waals surface area contributed by atoms with Gasteiger partial charge in [0, 0.05) is 22.4 Å². The zero-order valence-electron chi connectivity index (χ0n) is 13.3. The lowest BCUT2D eigenvalue weighted by atomic mass is 10.1. The third-order valence-electron chi connectivity index (χ3n) is 2.96. The van der Waals surface area contributed by atoms with Crippen LogP contribution in [0.3, 0.4) is 0 Å². The topological polar surface area (TPSA) is 58.2 Å². The first-order valence-electron chi connectivity index (χ1n) is 7.24. The molecule has 2 aromatic carbocycles. The molecule has 0 spiro atoms. The van der Waals surface area contributed by atoms with Gasteiger partial charge in [0.25, 0.3) is 11.8 Å². The van der Waals surface area contributed by atoms with E-state index in [2.05, 4.69) is 10.6 Å². The highest BCUT2D eigenvalue weighted by Gasteiger charge is 2.16. The Morgan fingerprint density at radius 2 is 1.52 bits per heavy atom. The van der Waals surface area contributed by atoms with E-state index in [1.807, 2.05) is 20.8 Å². The largest absolute Gasteiger partial charge is 0.347 e. The minimum Gasteiger partial charge on any atom is -0.347 e. The molecule has 0 aliphatic heterocycles. The summed E-state index contributed by atoms with van der Waals surface area (Å²) in [4.78, 5) is 24.4. The zero-order chi connectivity index (χ0) is 17.0. The molecule has 0 aromatic heterocycles. The Morgan fingerprint density at radius 3 is 2.13 bits per heavy atom. The maximum Gasteiger partial charge on any atom is 0.255 e. The maximum absolute atomic E-state index is 13.1. The Hall–Kier alpha value is -2.69. The van der Waals surface area contributed by atoms with E-state index in [4.69, 9.17) is 0 Å². The number of rotatable bonds is 3. The molecule has 0 unspecified atom stereocenters. The molecule has 2 N–H and O–H groups in total. The summed E-state index contributed by atoms with van der Waals surface area (Å²) in [6.45, 7) is 5.64. The van der Waals surface area contributed by atoms with Gasteiger partial charge in [0.2, 0.25) is 0 Å². The van der Waals surface area contributed by atoms with E-state index in [0.29, 0.717) is 16.8 Å². The fourth-order valence-electron chi connectivity index (χ4n) is 1.98. The number of anilines is 1. The minimum absolute atomic E-state index is 0.252. The molecule has 2 rings (SSSR count). The summed E-state index contributed by atoms with van der Waals surface area (Å²) in [5, 5.41) is 5.44. The van der Waals surface area contributed by atoms with Crippen molar-refractivity contribution in [1.82, 2.24) is 5.32 Å². The number of benzene rings is 2. The van der Waals surface area contributed by atoms with Gasteiger partial charge >= 0.3 is 0 Å². The SMILES string of the molecule is CC(C)(C)NC(=O)c1cccc(C(=O)Nc2cccc(F)c2)c1. The van der Waals surface area contributed by atoms with Crippen LogP contribution in [0.25, 0.3) is 0 Å². The summed E-state index contributed by atoms with van der Waals surface area (Å²) < 4.78 is 13.1. The third kappa shape index (κ3) is 4.92. The molecule has 120 valence electrons. The number of amides is 2. The summed E-state index contributed by atoms with van der Waals surface area (Å²) in [6, 6.07) is 12.0. The molecular formula is C18H19FN2O2. The quantitative estimate of drug-likeness (QED) is 0.909. The molecule has 0 heterocycles. The molecule has 0 aliphatic carbocycles. The number of hydrogen-bond donors (Lipinski definition) is 2. The molecule has 0 bridgehead atoms. The molecule has 4 nitrogen and oxygen atoms in total. The summed E-state index contributed by atoms with van der Waals surface area (Å²) in [6.07, 6.45) is 0. The molecule has 0 aliphatic rings. The standard InChI is InChI=1S/C18H19FN2O2/c1-18(2,3)21-17(23)13-7-4-6-12(10-13)16(22)20-15-9-5-8-14(19)11-15/h4-11H,1-3H3,(H,20,22)(H,21,23). The monoisotopic (exact) mass is 314 g/mol. The fourth-order valence-corrected chi connectivity index (χ4v) is 1.98. The molecule has 5 heteroatoms. The van der Waals surface area contributed by atoms with Crippen molar-refractivity contribution >= 4 is 17.5 Å². The minimum atomic E-state index is -0.430. The first-order chi connectivity index (χ1) is 10.7. The van der Waals surface area contributed by atoms with Gasteiger partial charge in [-0.15, -0.1) is 0 Å². The van der Waals surface area contributed by atoms with E-state index in [0.717, 1.165) is 0 Å². The van der Waals surface area contributed by atoms with Crippen LogP contribution in [-0.2, 0) is 0 Å². The van der Waals surface area contributed by atoms with E-state index in [9.17, 15) is 14.0 Å². The second-order valence-corrected chi connectivity index (χ2v) is 6.25. The molecule has 0 fully saturated rings. The van der Waals surface area contributed by atoms with E-state index < -0.39 is 11.7 Å². The Bertz CT molecular complexity index is 736. The maximum atomic E-state index is 13.1. The van der Waals surface area contributed by atoms with Crippen molar-refractivity contribution in [3.05, 3.63) is 65.5 Å². The van der Waals surface area contributed by atoms with Crippen molar-refractivity contribution in [3.63, 3.8) is 0 Å². The van der Waals surface area contributed by atoms with Gasteiger partial charge in [0.15, 0.2) is 0 Å². The van der Waals surface area contributed by atoms with E-state index >= 15 is 0 Å². The van der Waals surface area contributed by atoms with Gasteiger partial charge in [-0.25, -0.2) is 4.39 Å². The van der Waals surface area contributed by atoms with E-state index in [1.54, 1.807) is 24.3 Å². The highest BCUT2D eigenvalue weighted by molar-refractivity contribution is 6.06. The fraction of sp³-hybridized carbons (Fsp3) is 0.222. The lowest BCUT2D eigenvalue weighted by Gasteiger charge is -2.20. The number of nitrogens with one attached hydrogen (secondary N) is 2. The highest BCUT2D eigenvalue weighted by Crippen LogP contribution is 2.13. The summed E-state index contributed by atoms with van der Waals surface area (Å²) >= 11 is 0. The van der Waals surface area contributed by atoms with Crippen molar-refractivity contribution in [3.8, 4) is 0 Å². The Balaban J connectivity index is 2.16. The van der Waals surface area contributed by atoms with E-state index in [1.165, 1.54) is 24.3 Å². The van der Waals surface area contributed by atoms with Gasteiger partial charge in [0.1, 0.15) is 5.82 Å². The number of carbonyl (C=O) groups excluding carboxylic acids is 2. The highest BCUT2D eigenvalue weighted by atomic mass is 19.1. The van der Waals surface area contributed by atoms with Gasteiger partial charge in [-0.2, -0.15) is 0 Å². The van der Waals surface area contributed by atoms with Crippen molar-refractivity contribution in [2.45, 2.75) is 26.3 Å². The smallest absolute Gasteiger partial charge is 0.255 e. The van der Waals surface area contributed by atoms with Gasteiger partial charge < -0.3 is 10.6 Å². The second kappa shape index (κ2) is 6.60. The summed E-state index contributed by atoms with van der Waals surface area (Å²) in [5.74, 6) is -1.08. The van der Waals surface area contributed by atoms with Gasteiger partial charge in [-0.1, -0.05) is 12.1 Å². The van der Waals surface area contributed by atoms with Crippen LogP contribution in [-0.4, -0.2) is 17.4 Å². The molecule has 0 atom stereocenters. The van der Waals surface area contributed by atoms with Crippen LogP contribution in [0.4, 0.5) is 10.1 Å². The molecule has 0 saturated heterocycles. The van der Waals surface area contributed by atoms with Crippen molar-refractivity contribution in [1.29, 1.82) is 0 Å². The normalized spacial score (nSPS) is 11.0. The van der Waals surface area contributed by atoms with E-state index in [-0.39, 0.29) is 11.4 Å². The lowest BCUT2D eigenvalue weighted by Crippen LogP contribution is -2.40. The Labute approximate surface area is 134 Å². The van der Waals surface area contributed by atoms with Crippen molar-refractivity contribution < 1.29 is 14.0 Å². The third-order valence-corrected chi connectivity index (χ3v) is 2.96. The lowest BCUT2D eigenvalue weighted by molar-refractivity contribution is 0.0919.